The summed E-state index contributed by atoms with van der Waals surface area (Å²) in [5, 5.41) is 17.4. The Balaban J connectivity index is 1.79. The minimum Gasteiger partial charge on any atom is -0.315 e. The molecule has 1 aliphatic carbocycles. The third kappa shape index (κ3) is 3.62. The molecule has 0 saturated carbocycles. The van der Waals surface area contributed by atoms with Gasteiger partial charge in [0, 0.05) is 16.8 Å². The quantitative estimate of drug-likeness (QED) is 0.906. The van der Waals surface area contributed by atoms with Gasteiger partial charge in [0.1, 0.15) is 17.6 Å². The minimum absolute atomic E-state index is 0.144. The number of nitrogens with one attached hydrogen (secondary N) is 1. The molecule has 0 radical (unpaired) electrons. The monoisotopic (exact) mass is 356 g/mol. The van der Waals surface area contributed by atoms with Gasteiger partial charge in [0.15, 0.2) is 0 Å². The Morgan fingerprint density at radius 3 is 2.88 bits per heavy atom. The molecule has 6 heteroatoms. The highest BCUT2D eigenvalue weighted by Gasteiger charge is 2.32. The molecule has 2 heterocycles. The maximum atomic E-state index is 12.4. The van der Waals surface area contributed by atoms with Gasteiger partial charge in [0.25, 0.3) is 0 Å². The van der Waals surface area contributed by atoms with Gasteiger partial charge in [-0.3, -0.25) is 9.48 Å². The van der Waals surface area contributed by atoms with E-state index in [1.165, 1.54) is 4.88 Å². The van der Waals surface area contributed by atoms with Gasteiger partial charge in [-0.1, -0.05) is 20.8 Å². The predicted molar refractivity (Wildman–Crippen MR) is 99.6 cm³/mol. The topological polar surface area (TPSA) is 70.7 Å². The van der Waals surface area contributed by atoms with E-state index in [9.17, 15) is 10.1 Å². The Kier molecular flexibility index (Phi) is 4.70. The maximum absolute atomic E-state index is 12.4. The lowest BCUT2D eigenvalue weighted by Crippen LogP contribution is -2.26. The first kappa shape index (κ1) is 17.7. The second kappa shape index (κ2) is 6.64. The van der Waals surface area contributed by atoms with Crippen molar-refractivity contribution >= 4 is 22.2 Å². The number of hydrogen-bond acceptors (Lipinski definition) is 4. The highest BCUT2D eigenvalue weighted by molar-refractivity contribution is 7.16. The summed E-state index contributed by atoms with van der Waals surface area (Å²) in [5.74, 6) is 0.467. The summed E-state index contributed by atoms with van der Waals surface area (Å²) in [6, 6.07) is 4.17. The number of nitriles is 1. The summed E-state index contributed by atoms with van der Waals surface area (Å²) in [5.41, 5.74) is 2.99. The highest BCUT2D eigenvalue weighted by atomic mass is 32.1. The van der Waals surface area contributed by atoms with Crippen LogP contribution in [0.5, 0.6) is 0 Å². The molecule has 2 aromatic rings. The van der Waals surface area contributed by atoms with Crippen LogP contribution >= 0.6 is 11.3 Å². The second-order valence-electron chi connectivity index (χ2n) is 7.80. The summed E-state index contributed by atoms with van der Waals surface area (Å²) >= 11 is 1.57. The van der Waals surface area contributed by atoms with E-state index in [0.717, 1.165) is 30.5 Å². The Morgan fingerprint density at radius 1 is 1.52 bits per heavy atom. The lowest BCUT2D eigenvalue weighted by Gasteiger charge is -2.33. The molecule has 0 aromatic carbocycles. The van der Waals surface area contributed by atoms with E-state index in [4.69, 9.17) is 0 Å². The first-order valence-electron chi connectivity index (χ1n) is 8.62. The molecule has 0 fully saturated rings. The van der Waals surface area contributed by atoms with Gasteiger partial charge < -0.3 is 5.32 Å². The first-order chi connectivity index (χ1) is 11.8. The minimum atomic E-state index is -0.144. The SMILES string of the molecule is Cc1ccnn1CC(=O)Nc1sc2c(c1C#N)CCC(C(C)(C)C)C2. The van der Waals surface area contributed by atoms with Crippen molar-refractivity contribution in [3.05, 3.63) is 34.0 Å². The van der Waals surface area contributed by atoms with Gasteiger partial charge in [0.05, 0.1) is 5.56 Å². The fourth-order valence-corrected chi connectivity index (χ4v) is 4.69. The Morgan fingerprint density at radius 2 is 2.28 bits per heavy atom. The Labute approximate surface area is 152 Å². The van der Waals surface area contributed by atoms with E-state index in [-0.39, 0.29) is 17.9 Å². The summed E-state index contributed by atoms with van der Waals surface area (Å²) in [4.78, 5) is 13.6. The highest BCUT2D eigenvalue weighted by Crippen LogP contribution is 2.43. The number of thiophene rings is 1. The second-order valence-corrected chi connectivity index (χ2v) is 8.91. The van der Waals surface area contributed by atoms with Crippen LogP contribution in [0.2, 0.25) is 0 Å². The number of amides is 1. The van der Waals surface area contributed by atoms with Gasteiger partial charge in [-0.25, -0.2) is 0 Å². The van der Waals surface area contributed by atoms with E-state index in [2.05, 4.69) is 37.3 Å². The number of carbonyl (C=O) groups is 1. The number of rotatable bonds is 3. The van der Waals surface area contributed by atoms with Gasteiger partial charge in [-0.05, 0) is 49.1 Å². The average Bonchev–Trinajstić information content (AvgIpc) is 3.08. The molecule has 1 unspecified atom stereocenters. The van der Waals surface area contributed by atoms with E-state index >= 15 is 0 Å². The molecule has 2 aromatic heterocycles. The van der Waals surface area contributed by atoms with Crippen molar-refractivity contribution in [2.24, 2.45) is 11.3 Å². The number of anilines is 1. The Bertz CT molecular complexity index is 835. The van der Waals surface area contributed by atoms with Crippen molar-refractivity contribution < 1.29 is 4.79 Å². The summed E-state index contributed by atoms with van der Waals surface area (Å²) in [6.07, 6.45) is 4.69. The molecular formula is C19H24N4OS. The molecule has 0 aliphatic heterocycles. The standard InChI is InChI=1S/C19H24N4OS/c1-12-7-8-21-23(12)11-17(24)22-18-15(10-20)14-6-5-13(19(2,3)4)9-16(14)25-18/h7-8,13H,5-6,9,11H2,1-4H3,(H,22,24). The lowest BCUT2D eigenvalue weighted by atomic mass is 9.72. The van der Waals surface area contributed by atoms with E-state index in [1.807, 2.05) is 13.0 Å². The fourth-order valence-electron chi connectivity index (χ4n) is 3.40. The molecule has 25 heavy (non-hydrogen) atoms. The Hall–Kier alpha value is -2.13. The predicted octanol–water partition coefficient (Wildman–Crippen LogP) is 3.91. The van der Waals surface area contributed by atoms with Crippen LogP contribution in [0.25, 0.3) is 0 Å². The molecule has 1 amide bonds. The van der Waals surface area contributed by atoms with Crippen molar-refractivity contribution in [2.45, 2.75) is 53.5 Å². The summed E-state index contributed by atoms with van der Waals surface area (Å²) < 4.78 is 1.66. The number of hydrogen-bond donors (Lipinski definition) is 1. The number of aryl methyl sites for hydroxylation is 1. The van der Waals surface area contributed by atoms with Crippen molar-refractivity contribution in [1.82, 2.24) is 9.78 Å². The van der Waals surface area contributed by atoms with Crippen molar-refractivity contribution in [3.63, 3.8) is 0 Å². The van der Waals surface area contributed by atoms with Crippen molar-refractivity contribution in [2.75, 3.05) is 5.32 Å². The molecule has 1 aliphatic rings. The molecule has 132 valence electrons. The zero-order valence-corrected chi connectivity index (χ0v) is 16.0. The zero-order valence-electron chi connectivity index (χ0n) is 15.2. The first-order valence-corrected chi connectivity index (χ1v) is 9.44. The van der Waals surface area contributed by atoms with Crippen LogP contribution in [-0.2, 0) is 24.2 Å². The molecular weight excluding hydrogens is 332 g/mol. The molecule has 5 nitrogen and oxygen atoms in total. The van der Waals surface area contributed by atoms with Crippen molar-refractivity contribution in [3.8, 4) is 6.07 Å². The van der Waals surface area contributed by atoms with E-state index in [0.29, 0.717) is 16.5 Å². The third-order valence-electron chi connectivity index (χ3n) is 5.08. The van der Waals surface area contributed by atoms with Gasteiger partial charge in [-0.2, -0.15) is 10.4 Å². The molecule has 0 saturated heterocycles. The fraction of sp³-hybridized carbons (Fsp3) is 0.526. The maximum Gasteiger partial charge on any atom is 0.246 e. The lowest BCUT2D eigenvalue weighted by molar-refractivity contribution is -0.116. The third-order valence-corrected chi connectivity index (χ3v) is 6.25. The van der Waals surface area contributed by atoms with Crippen LogP contribution in [0.3, 0.4) is 0 Å². The van der Waals surface area contributed by atoms with Gasteiger partial charge in [0.2, 0.25) is 5.91 Å². The van der Waals surface area contributed by atoms with Gasteiger partial charge >= 0.3 is 0 Å². The normalized spacial score (nSPS) is 17.0. The van der Waals surface area contributed by atoms with Crippen molar-refractivity contribution in [1.29, 1.82) is 5.26 Å². The van der Waals surface area contributed by atoms with Crippen LogP contribution < -0.4 is 5.32 Å². The number of aromatic nitrogens is 2. The molecule has 3 rings (SSSR count). The summed E-state index contributed by atoms with van der Waals surface area (Å²) in [6.45, 7) is 8.90. The number of fused-ring (bicyclic) bond motifs is 1. The average molecular weight is 356 g/mol. The van der Waals surface area contributed by atoms with Crippen LogP contribution in [0, 0.1) is 29.6 Å². The van der Waals surface area contributed by atoms with Crippen LogP contribution in [0.4, 0.5) is 5.00 Å². The van der Waals surface area contributed by atoms with Crippen LogP contribution in [-0.4, -0.2) is 15.7 Å². The number of carbonyl (C=O) groups excluding carboxylic acids is 1. The van der Waals surface area contributed by atoms with Gasteiger partial charge in [-0.15, -0.1) is 11.3 Å². The smallest absolute Gasteiger partial charge is 0.246 e. The molecule has 0 spiro atoms. The zero-order chi connectivity index (χ0) is 18.2. The molecule has 1 atom stereocenters. The van der Waals surface area contributed by atoms with E-state index < -0.39 is 0 Å². The van der Waals surface area contributed by atoms with E-state index in [1.54, 1.807) is 22.2 Å². The van der Waals surface area contributed by atoms with Crippen LogP contribution in [0.15, 0.2) is 12.3 Å². The number of nitrogens with zero attached hydrogens (tertiary/aromatic N) is 3. The van der Waals surface area contributed by atoms with Crippen LogP contribution in [0.1, 0.15) is 48.9 Å². The molecule has 1 N–H and O–H groups in total. The molecule has 0 bridgehead atoms. The summed E-state index contributed by atoms with van der Waals surface area (Å²) in [7, 11) is 0. The largest absolute Gasteiger partial charge is 0.315 e.